The maximum absolute atomic E-state index is 13.6. The second-order valence-corrected chi connectivity index (χ2v) is 6.68. The molecule has 2 aromatic carbocycles. The van der Waals surface area contributed by atoms with Crippen molar-refractivity contribution in [2.45, 2.75) is 5.16 Å². The van der Waals surface area contributed by atoms with E-state index < -0.39 is 23.2 Å². The maximum Gasteiger partial charge on any atom is 0.235 e. The molecule has 26 heavy (non-hydrogen) atoms. The number of anilines is 1. The van der Waals surface area contributed by atoms with Gasteiger partial charge in [0.15, 0.2) is 11.0 Å². The number of rotatable bonds is 5. The van der Waals surface area contributed by atoms with Gasteiger partial charge >= 0.3 is 0 Å². The highest BCUT2D eigenvalue weighted by Crippen LogP contribution is 2.24. The lowest BCUT2D eigenvalue weighted by atomic mass is 10.2. The summed E-state index contributed by atoms with van der Waals surface area (Å²) in [6.07, 6.45) is 0. The van der Waals surface area contributed by atoms with Gasteiger partial charge in [-0.05, 0) is 36.4 Å². The number of hydrogen-bond donors (Lipinski definition) is 1. The van der Waals surface area contributed by atoms with Gasteiger partial charge in [0, 0.05) is 17.6 Å². The summed E-state index contributed by atoms with van der Waals surface area (Å²) in [5, 5.41) is 11.5. The summed E-state index contributed by atoms with van der Waals surface area (Å²) >= 11 is 6.98. The smallest absolute Gasteiger partial charge is 0.235 e. The van der Waals surface area contributed by atoms with Crippen molar-refractivity contribution < 1.29 is 13.6 Å². The first kappa shape index (κ1) is 18.3. The number of aromatic nitrogens is 3. The average molecular weight is 395 g/mol. The first-order valence-electron chi connectivity index (χ1n) is 7.47. The number of nitrogens with one attached hydrogen (secondary N) is 1. The summed E-state index contributed by atoms with van der Waals surface area (Å²) in [4.78, 5) is 12.0. The lowest BCUT2D eigenvalue weighted by molar-refractivity contribution is -0.113. The fraction of sp³-hybridized carbons (Fsp3) is 0.118. The van der Waals surface area contributed by atoms with Crippen LogP contribution < -0.4 is 5.32 Å². The molecule has 0 saturated carbocycles. The molecule has 0 aliphatic rings. The van der Waals surface area contributed by atoms with Crippen LogP contribution in [0.25, 0.3) is 11.4 Å². The first-order chi connectivity index (χ1) is 12.5. The molecule has 5 nitrogen and oxygen atoms in total. The predicted octanol–water partition coefficient (Wildman–Crippen LogP) is 4.14. The first-order valence-corrected chi connectivity index (χ1v) is 8.84. The highest BCUT2D eigenvalue weighted by molar-refractivity contribution is 7.99. The molecule has 0 radical (unpaired) electrons. The normalized spacial score (nSPS) is 10.8. The van der Waals surface area contributed by atoms with Crippen LogP contribution in [0.5, 0.6) is 0 Å². The quantitative estimate of drug-likeness (QED) is 0.660. The topological polar surface area (TPSA) is 59.8 Å². The van der Waals surface area contributed by atoms with Gasteiger partial charge in [-0.15, -0.1) is 10.2 Å². The molecule has 0 aliphatic carbocycles. The van der Waals surface area contributed by atoms with Crippen LogP contribution in [0, 0.1) is 11.6 Å². The van der Waals surface area contributed by atoms with Gasteiger partial charge in [0.05, 0.1) is 5.75 Å². The van der Waals surface area contributed by atoms with Crippen molar-refractivity contribution >= 4 is 35.0 Å². The number of benzene rings is 2. The van der Waals surface area contributed by atoms with E-state index in [0.29, 0.717) is 16.0 Å². The molecule has 0 aliphatic heterocycles. The van der Waals surface area contributed by atoms with Crippen LogP contribution in [-0.2, 0) is 11.8 Å². The number of para-hydroxylation sites is 1. The molecule has 0 bridgehead atoms. The summed E-state index contributed by atoms with van der Waals surface area (Å²) in [6, 6.07) is 10.5. The van der Waals surface area contributed by atoms with Crippen LogP contribution in [0.1, 0.15) is 0 Å². The lowest BCUT2D eigenvalue weighted by Gasteiger charge is -2.07. The molecule has 1 N–H and O–H groups in total. The monoisotopic (exact) mass is 394 g/mol. The molecular weight excluding hydrogens is 382 g/mol. The van der Waals surface area contributed by atoms with Crippen molar-refractivity contribution in [2.24, 2.45) is 7.05 Å². The van der Waals surface area contributed by atoms with Crippen LogP contribution in [0.4, 0.5) is 14.5 Å². The summed E-state index contributed by atoms with van der Waals surface area (Å²) in [5.41, 5.74) is 0.368. The standard InChI is InChI=1S/C17H13ClF2N4OS/c1-24-16(10-5-7-11(18)8-6-10)22-23-17(24)26-9-14(25)21-15-12(19)3-2-4-13(15)20/h2-8H,9H2,1H3,(H,21,25). The van der Waals surface area contributed by atoms with Crippen LogP contribution in [-0.4, -0.2) is 26.4 Å². The van der Waals surface area contributed by atoms with Crippen LogP contribution in [0.3, 0.4) is 0 Å². The molecule has 0 unspecified atom stereocenters. The number of carbonyl (C=O) groups is 1. The van der Waals surface area contributed by atoms with Gasteiger partial charge in [0.25, 0.3) is 0 Å². The van der Waals surface area contributed by atoms with E-state index in [1.807, 2.05) is 12.1 Å². The second-order valence-electron chi connectivity index (χ2n) is 5.31. The molecular formula is C17H13ClF2N4OS. The molecule has 134 valence electrons. The van der Waals surface area contributed by atoms with Gasteiger partial charge in [-0.3, -0.25) is 4.79 Å². The molecule has 3 aromatic rings. The van der Waals surface area contributed by atoms with Crippen molar-refractivity contribution in [1.82, 2.24) is 14.8 Å². The number of carbonyl (C=O) groups excluding carboxylic acids is 1. The van der Waals surface area contributed by atoms with E-state index in [1.54, 1.807) is 23.7 Å². The molecule has 1 aromatic heterocycles. The molecule has 9 heteroatoms. The Morgan fingerprint density at radius 1 is 1.15 bits per heavy atom. The van der Waals surface area contributed by atoms with Gasteiger partial charge in [0.1, 0.15) is 17.3 Å². The highest BCUT2D eigenvalue weighted by Gasteiger charge is 2.15. The van der Waals surface area contributed by atoms with Gasteiger partial charge in [-0.2, -0.15) is 0 Å². The fourth-order valence-corrected chi connectivity index (χ4v) is 3.05. The number of thioether (sulfide) groups is 1. The van der Waals surface area contributed by atoms with E-state index >= 15 is 0 Å². The third kappa shape index (κ3) is 4.03. The van der Waals surface area contributed by atoms with Crippen molar-refractivity contribution in [3.63, 3.8) is 0 Å². The Bertz CT molecular complexity index is 926. The van der Waals surface area contributed by atoms with Crippen molar-refractivity contribution in [1.29, 1.82) is 0 Å². The van der Waals surface area contributed by atoms with Gasteiger partial charge in [0.2, 0.25) is 5.91 Å². The third-order valence-electron chi connectivity index (χ3n) is 3.50. The predicted molar refractivity (Wildman–Crippen MR) is 97.2 cm³/mol. The molecule has 0 fully saturated rings. The van der Waals surface area contributed by atoms with E-state index in [2.05, 4.69) is 15.5 Å². The molecule has 1 amide bonds. The highest BCUT2D eigenvalue weighted by atomic mass is 35.5. The van der Waals surface area contributed by atoms with Crippen LogP contribution in [0.2, 0.25) is 5.02 Å². The third-order valence-corrected chi connectivity index (χ3v) is 4.77. The van der Waals surface area contributed by atoms with Gasteiger partial charge in [-0.1, -0.05) is 29.4 Å². The summed E-state index contributed by atoms with van der Waals surface area (Å²) in [6.45, 7) is 0. The Morgan fingerprint density at radius 2 is 1.81 bits per heavy atom. The zero-order valence-corrected chi connectivity index (χ0v) is 15.1. The van der Waals surface area contributed by atoms with E-state index in [4.69, 9.17) is 11.6 Å². The Kier molecular flexibility index (Phi) is 5.53. The molecule has 0 atom stereocenters. The van der Waals surface area contributed by atoms with Crippen molar-refractivity contribution in [3.8, 4) is 11.4 Å². The molecule has 0 spiro atoms. The summed E-state index contributed by atoms with van der Waals surface area (Å²) < 4.78 is 28.8. The average Bonchev–Trinajstić information content (AvgIpc) is 2.98. The Balaban J connectivity index is 1.67. The number of halogens is 3. The Morgan fingerprint density at radius 3 is 2.46 bits per heavy atom. The van der Waals surface area contributed by atoms with E-state index in [1.165, 1.54) is 6.07 Å². The molecule has 3 rings (SSSR count). The largest absolute Gasteiger partial charge is 0.320 e. The van der Waals surface area contributed by atoms with Crippen molar-refractivity contribution in [2.75, 3.05) is 11.1 Å². The van der Waals surface area contributed by atoms with Crippen molar-refractivity contribution in [3.05, 3.63) is 59.1 Å². The minimum Gasteiger partial charge on any atom is -0.320 e. The van der Waals surface area contributed by atoms with Crippen LogP contribution >= 0.6 is 23.4 Å². The maximum atomic E-state index is 13.6. The lowest BCUT2D eigenvalue weighted by Crippen LogP contribution is -2.16. The van der Waals surface area contributed by atoms with E-state index in [0.717, 1.165) is 29.5 Å². The summed E-state index contributed by atoms with van der Waals surface area (Å²) in [7, 11) is 1.76. The zero-order chi connectivity index (χ0) is 18.7. The van der Waals surface area contributed by atoms with Gasteiger partial charge in [-0.25, -0.2) is 8.78 Å². The minimum absolute atomic E-state index is 0.0691. The molecule has 1 heterocycles. The number of nitrogens with zero attached hydrogens (tertiary/aromatic N) is 3. The zero-order valence-electron chi connectivity index (χ0n) is 13.5. The fourth-order valence-electron chi connectivity index (χ4n) is 2.21. The summed E-state index contributed by atoms with van der Waals surface area (Å²) in [5.74, 6) is -1.65. The van der Waals surface area contributed by atoms with Crippen LogP contribution in [0.15, 0.2) is 47.6 Å². The van der Waals surface area contributed by atoms with Gasteiger partial charge < -0.3 is 9.88 Å². The molecule has 0 saturated heterocycles. The second kappa shape index (κ2) is 7.84. The minimum atomic E-state index is -0.827. The number of amides is 1. The Hall–Kier alpha value is -2.45. The Labute approximate surface area is 157 Å². The SMILES string of the molecule is Cn1c(SCC(=O)Nc2c(F)cccc2F)nnc1-c1ccc(Cl)cc1. The number of hydrogen-bond acceptors (Lipinski definition) is 4. The van der Waals surface area contributed by atoms with E-state index in [9.17, 15) is 13.6 Å². The van der Waals surface area contributed by atoms with E-state index in [-0.39, 0.29) is 5.75 Å².